The molecule has 2 amide bonds. The molecule has 4 nitrogen and oxygen atoms in total. The number of rotatable bonds is 1. The highest BCUT2D eigenvalue weighted by molar-refractivity contribution is 5.90. The average Bonchev–Trinajstić information content (AvgIpc) is 2.27. The van der Waals surface area contributed by atoms with Crippen LogP contribution in [-0.4, -0.2) is 18.0 Å². The molecule has 1 rings (SSSR count). The molecule has 0 radical (unpaired) electrons. The van der Waals surface area contributed by atoms with Crippen molar-refractivity contribution in [3.8, 4) is 6.19 Å². The van der Waals surface area contributed by atoms with Gasteiger partial charge >= 0.3 is 12.2 Å². The summed E-state index contributed by atoms with van der Waals surface area (Å²) in [6.07, 6.45) is -2.94. The third kappa shape index (κ3) is 3.38. The van der Waals surface area contributed by atoms with Gasteiger partial charge in [-0.1, -0.05) is 6.07 Å². The number of carbonyl (C=O) groups excluding carboxylic acids is 1. The predicted molar refractivity (Wildman–Crippen MR) is 53.8 cm³/mol. The summed E-state index contributed by atoms with van der Waals surface area (Å²) < 4.78 is 37.1. The molecule has 0 saturated carbocycles. The summed E-state index contributed by atoms with van der Waals surface area (Å²) in [5.41, 5.74) is -0.887. The molecule has 1 aromatic carbocycles. The molecule has 0 aliphatic heterocycles. The number of carbonyl (C=O) groups is 1. The van der Waals surface area contributed by atoms with Crippen LogP contribution in [0.25, 0.3) is 0 Å². The number of nitriles is 1. The van der Waals surface area contributed by atoms with Crippen molar-refractivity contribution in [2.45, 2.75) is 6.18 Å². The molecule has 0 unspecified atom stereocenters. The number of urea groups is 1. The minimum atomic E-state index is -4.47. The van der Waals surface area contributed by atoms with E-state index in [1.54, 1.807) is 0 Å². The zero-order valence-corrected chi connectivity index (χ0v) is 8.75. The molecule has 0 atom stereocenters. The lowest BCUT2D eigenvalue weighted by atomic mass is 10.2. The van der Waals surface area contributed by atoms with Gasteiger partial charge in [-0.3, -0.25) is 0 Å². The number of nitrogens with zero attached hydrogens (tertiary/aromatic N) is 2. The van der Waals surface area contributed by atoms with Gasteiger partial charge in [-0.15, -0.1) is 0 Å². The summed E-state index contributed by atoms with van der Waals surface area (Å²) >= 11 is 0. The van der Waals surface area contributed by atoms with Crippen LogP contribution < -0.4 is 5.32 Å². The maximum Gasteiger partial charge on any atom is 0.416 e. The maximum absolute atomic E-state index is 12.4. The minimum Gasteiger partial charge on any atom is -0.307 e. The highest BCUT2D eigenvalue weighted by Gasteiger charge is 2.30. The van der Waals surface area contributed by atoms with Crippen molar-refractivity contribution in [1.29, 1.82) is 5.26 Å². The van der Waals surface area contributed by atoms with Crippen LogP contribution in [0.1, 0.15) is 5.56 Å². The van der Waals surface area contributed by atoms with Crippen molar-refractivity contribution >= 4 is 11.7 Å². The third-order valence-electron chi connectivity index (χ3n) is 1.90. The van der Waals surface area contributed by atoms with E-state index in [4.69, 9.17) is 5.26 Å². The zero-order valence-electron chi connectivity index (χ0n) is 8.75. The molecule has 0 spiro atoms. The Labute approximate surface area is 95.3 Å². The van der Waals surface area contributed by atoms with Crippen molar-refractivity contribution in [3.05, 3.63) is 29.8 Å². The second-order valence-corrected chi connectivity index (χ2v) is 3.17. The van der Waals surface area contributed by atoms with Crippen LogP contribution in [0.4, 0.5) is 23.7 Å². The Morgan fingerprint density at radius 3 is 2.65 bits per heavy atom. The Morgan fingerprint density at radius 1 is 1.47 bits per heavy atom. The van der Waals surface area contributed by atoms with Gasteiger partial charge in [-0.25, -0.2) is 9.69 Å². The number of hydrogen-bond donors (Lipinski definition) is 1. The average molecular weight is 243 g/mol. The molecule has 0 aromatic heterocycles. The summed E-state index contributed by atoms with van der Waals surface area (Å²) in [7, 11) is 1.20. The van der Waals surface area contributed by atoms with Gasteiger partial charge in [0.05, 0.1) is 5.56 Å². The smallest absolute Gasteiger partial charge is 0.307 e. The monoisotopic (exact) mass is 243 g/mol. The molecular formula is C10H8F3N3O. The Kier molecular flexibility index (Phi) is 3.58. The maximum atomic E-state index is 12.4. The molecule has 0 saturated heterocycles. The van der Waals surface area contributed by atoms with Gasteiger partial charge in [-0.2, -0.15) is 18.4 Å². The van der Waals surface area contributed by atoms with Crippen molar-refractivity contribution in [1.82, 2.24) is 4.90 Å². The number of benzene rings is 1. The number of alkyl halides is 3. The number of anilines is 1. The fraction of sp³-hybridized carbons (Fsp3) is 0.200. The number of amides is 2. The van der Waals surface area contributed by atoms with Crippen LogP contribution in [0.15, 0.2) is 24.3 Å². The molecule has 0 fully saturated rings. The van der Waals surface area contributed by atoms with E-state index in [1.807, 2.05) is 0 Å². The molecule has 0 aliphatic carbocycles. The Morgan fingerprint density at radius 2 is 2.12 bits per heavy atom. The van der Waals surface area contributed by atoms with E-state index < -0.39 is 17.8 Å². The molecular weight excluding hydrogens is 235 g/mol. The minimum absolute atomic E-state index is 0.0214. The van der Waals surface area contributed by atoms with E-state index >= 15 is 0 Å². The first kappa shape index (κ1) is 12.8. The second-order valence-electron chi connectivity index (χ2n) is 3.17. The van der Waals surface area contributed by atoms with Gasteiger partial charge < -0.3 is 5.32 Å². The first-order chi connectivity index (χ1) is 7.84. The predicted octanol–water partition coefficient (Wildman–Crippen LogP) is 2.65. The highest BCUT2D eigenvalue weighted by atomic mass is 19.4. The lowest BCUT2D eigenvalue weighted by Gasteiger charge is -2.11. The number of halogens is 3. The van der Waals surface area contributed by atoms with Gasteiger partial charge in [0.2, 0.25) is 0 Å². The Hall–Kier alpha value is -2.23. The van der Waals surface area contributed by atoms with Crippen LogP contribution >= 0.6 is 0 Å². The summed E-state index contributed by atoms with van der Waals surface area (Å²) in [5, 5.41) is 10.6. The summed E-state index contributed by atoms with van der Waals surface area (Å²) in [5.74, 6) is 0. The third-order valence-corrected chi connectivity index (χ3v) is 1.90. The second kappa shape index (κ2) is 4.74. The van der Waals surface area contributed by atoms with Crippen LogP contribution in [0.3, 0.4) is 0 Å². The SMILES string of the molecule is CN(C#N)C(=O)Nc1cccc(C(F)(F)F)c1. The molecule has 1 N–H and O–H groups in total. The van der Waals surface area contributed by atoms with Crippen LogP contribution in [0.5, 0.6) is 0 Å². The normalized spacial score (nSPS) is 10.5. The standard InChI is InChI=1S/C10H8F3N3O/c1-16(6-14)9(17)15-8-4-2-3-7(5-8)10(11,12)13/h2-5H,1H3,(H,15,17). The molecule has 1 aromatic rings. The van der Waals surface area contributed by atoms with Crippen molar-refractivity contribution in [2.75, 3.05) is 12.4 Å². The van der Waals surface area contributed by atoms with Gasteiger partial charge in [0.1, 0.15) is 0 Å². The molecule has 0 bridgehead atoms. The van der Waals surface area contributed by atoms with Gasteiger partial charge in [0.15, 0.2) is 6.19 Å². The summed E-state index contributed by atoms with van der Waals surface area (Å²) in [6, 6.07) is 3.36. The molecule has 0 heterocycles. The van der Waals surface area contributed by atoms with E-state index in [2.05, 4.69) is 5.32 Å². The molecule has 17 heavy (non-hydrogen) atoms. The number of nitrogens with one attached hydrogen (secondary N) is 1. The number of hydrogen-bond acceptors (Lipinski definition) is 2. The van der Waals surface area contributed by atoms with E-state index in [-0.39, 0.29) is 5.69 Å². The fourth-order valence-corrected chi connectivity index (χ4v) is 1.03. The van der Waals surface area contributed by atoms with E-state index in [0.717, 1.165) is 12.1 Å². The van der Waals surface area contributed by atoms with Crippen molar-refractivity contribution in [2.24, 2.45) is 0 Å². The Bertz CT molecular complexity index is 465. The van der Waals surface area contributed by atoms with E-state index in [0.29, 0.717) is 4.90 Å². The Balaban J connectivity index is 2.88. The topological polar surface area (TPSA) is 56.1 Å². The zero-order chi connectivity index (χ0) is 13.1. The molecule has 90 valence electrons. The molecule has 7 heteroatoms. The van der Waals surface area contributed by atoms with Crippen LogP contribution in [0.2, 0.25) is 0 Å². The van der Waals surface area contributed by atoms with Crippen molar-refractivity contribution < 1.29 is 18.0 Å². The van der Waals surface area contributed by atoms with Gasteiger partial charge in [0.25, 0.3) is 0 Å². The first-order valence-electron chi connectivity index (χ1n) is 4.46. The van der Waals surface area contributed by atoms with Gasteiger partial charge in [-0.05, 0) is 18.2 Å². The summed E-state index contributed by atoms with van der Waals surface area (Å²) in [4.78, 5) is 11.9. The lowest BCUT2D eigenvalue weighted by Crippen LogP contribution is -2.27. The van der Waals surface area contributed by atoms with Crippen LogP contribution in [0, 0.1) is 11.5 Å². The fourth-order valence-electron chi connectivity index (χ4n) is 1.03. The van der Waals surface area contributed by atoms with E-state index in [1.165, 1.54) is 25.4 Å². The van der Waals surface area contributed by atoms with Crippen LogP contribution in [-0.2, 0) is 6.18 Å². The quantitative estimate of drug-likeness (QED) is 0.609. The largest absolute Gasteiger partial charge is 0.416 e. The van der Waals surface area contributed by atoms with Gasteiger partial charge in [0, 0.05) is 12.7 Å². The summed E-state index contributed by atoms with van der Waals surface area (Å²) in [6.45, 7) is 0. The lowest BCUT2D eigenvalue weighted by molar-refractivity contribution is -0.137. The highest BCUT2D eigenvalue weighted by Crippen LogP contribution is 2.30. The van der Waals surface area contributed by atoms with E-state index in [9.17, 15) is 18.0 Å². The first-order valence-corrected chi connectivity index (χ1v) is 4.46. The van der Waals surface area contributed by atoms with Crippen molar-refractivity contribution in [3.63, 3.8) is 0 Å². The molecule has 0 aliphatic rings.